The number of carbonyl (C=O) groups is 6. The number of halogens is 1. The van der Waals surface area contributed by atoms with E-state index in [9.17, 15) is 28.8 Å². The number of carbonyl (C=O) groups excluding carboxylic acids is 6. The van der Waals surface area contributed by atoms with Crippen molar-refractivity contribution in [2.24, 2.45) is 35.5 Å². The maximum atomic E-state index is 12.5. The largest absolute Gasteiger partial charge is 0.464 e. The molecule has 4 amide bonds. The molecule has 0 bridgehead atoms. The summed E-state index contributed by atoms with van der Waals surface area (Å²) >= 11 is 0.500. The molecule has 2 heterocycles. The zero-order valence-corrected chi connectivity index (χ0v) is 78.6. The van der Waals surface area contributed by atoms with E-state index in [1.165, 1.54) is 81.2 Å². The molecule has 618 valence electrons. The topological polar surface area (TPSA) is 175 Å². The van der Waals surface area contributed by atoms with Gasteiger partial charge in [0.05, 0.1) is 24.8 Å². The molecule has 9 atom stereocenters. The predicted octanol–water partition coefficient (Wildman–Crippen LogP) is 23.7. The van der Waals surface area contributed by atoms with Gasteiger partial charge in [-0.2, -0.15) is 0 Å². The van der Waals surface area contributed by atoms with Gasteiger partial charge in [0.1, 0.15) is 24.6 Å². The molecule has 2 aliphatic heterocycles. The molecule has 6 rings (SSSR count). The molecule has 0 radical (unpaired) electrons. The molecule has 4 aromatic rings. The van der Waals surface area contributed by atoms with E-state index in [0.29, 0.717) is 49.2 Å². The Bertz CT molecular complexity index is 3190. The Kier molecular flexibility index (Phi) is 57.0. The van der Waals surface area contributed by atoms with Gasteiger partial charge in [0.15, 0.2) is 0 Å². The summed E-state index contributed by atoms with van der Waals surface area (Å²) in [6, 6.07) is 40.1. The maximum Gasteiger partial charge on any atom is 0.417 e. The summed E-state index contributed by atoms with van der Waals surface area (Å²) < 4.78 is 35.1. The molecule has 2 fully saturated rings. The van der Waals surface area contributed by atoms with Crippen LogP contribution in [0.3, 0.4) is 0 Å². The first-order valence-electron chi connectivity index (χ1n) is 40.3. The Morgan fingerprint density at radius 1 is 0.645 bits per heavy atom. The van der Waals surface area contributed by atoms with Crippen molar-refractivity contribution in [3.05, 3.63) is 194 Å². The van der Waals surface area contributed by atoms with Gasteiger partial charge in [0.25, 0.3) is 8.32 Å². The number of amides is 4. The van der Waals surface area contributed by atoms with Crippen molar-refractivity contribution in [2.45, 2.75) is 276 Å². The average Bonchev–Trinajstić information content (AvgIpc) is 1.08. The number of methoxy groups -OCH3 is 1. The number of aliphatic hydroxyl groups excluding tert-OH is 1. The third-order valence-corrected chi connectivity index (χ3v) is 40.1. The van der Waals surface area contributed by atoms with Gasteiger partial charge in [0.2, 0.25) is 11.8 Å². The Balaban J connectivity index is 0. The number of unbranched alkanes of at least 4 members (excludes halogenated alkanes) is 3. The van der Waals surface area contributed by atoms with Crippen LogP contribution in [-0.2, 0) is 42.6 Å². The number of hydrogen-bond acceptors (Lipinski definition) is 12. The van der Waals surface area contributed by atoms with Gasteiger partial charge in [-0.15, -0.1) is 19.7 Å². The van der Waals surface area contributed by atoms with E-state index in [1.807, 2.05) is 129 Å². The SMILES string of the molecule is C/C=C/[CH2][Sn]([CH2]CCC)([CH2]CCC)[CH2]CCC.C=C(C)CI.C=C(C)C[C@H](C)C(=O)N1C(=O)O[C@@H](c2ccccc2)[C@H]1C.C=C(C)C[C@H](C)CO[Si](c1ccccc1)(c1ccccc1)C(C)(C)C.C=C[C@H](C)[C@@H](OC)C(C)C.CC(C)C=O.CC(C)COC(=O)[C@@H](C)O.CCC(=O)N1C(=O)O[C@@H](c2ccccc2)[C@H]1C. The first-order chi connectivity index (χ1) is 51.8. The van der Waals surface area contributed by atoms with Crippen molar-refractivity contribution >= 4 is 95.9 Å². The summed E-state index contributed by atoms with van der Waals surface area (Å²) in [5.74, 6) is 0.801. The number of rotatable bonds is 33. The molecule has 1 N–H and O–H groups in total. The van der Waals surface area contributed by atoms with Gasteiger partial charge < -0.3 is 33.3 Å². The number of esters is 1. The quantitative estimate of drug-likeness (QED) is 0.00910. The molecule has 0 aromatic heterocycles. The Morgan fingerprint density at radius 2 is 1.04 bits per heavy atom. The van der Waals surface area contributed by atoms with Crippen LogP contribution in [0.2, 0.25) is 22.8 Å². The second kappa shape index (κ2) is 59.0. The maximum absolute atomic E-state index is 12.5. The van der Waals surface area contributed by atoms with E-state index in [-0.39, 0.29) is 46.9 Å². The Labute approximate surface area is 688 Å². The normalized spacial score (nSPS) is 16.5. The van der Waals surface area contributed by atoms with Crippen LogP contribution in [0.4, 0.5) is 9.59 Å². The summed E-state index contributed by atoms with van der Waals surface area (Å²) in [4.78, 5) is 70.3. The fourth-order valence-electron chi connectivity index (χ4n) is 12.7. The van der Waals surface area contributed by atoms with Gasteiger partial charge in [-0.05, 0) is 98.7 Å². The number of alkyl halides is 1. The second-order valence-electron chi connectivity index (χ2n) is 31.8. The van der Waals surface area contributed by atoms with Crippen LogP contribution in [0.5, 0.6) is 0 Å². The number of benzene rings is 4. The van der Waals surface area contributed by atoms with Crippen LogP contribution in [0.15, 0.2) is 183 Å². The zero-order valence-electron chi connectivity index (χ0n) is 72.6. The van der Waals surface area contributed by atoms with Crippen molar-refractivity contribution in [2.75, 3.05) is 24.8 Å². The number of cyclic esters (lactones) is 2. The molecule has 2 aliphatic rings. The number of nitrogens with zero attached hydrogens (tertiary/aromatic N) is 2. The van der Waals surface area contributed by atoms with Crippen LogP contribution in [0.1, 0.15) is 240 Å². The van der Waals surface area contributed by atoms with Gasteiger partial charge >= 0.3 is 133 Å². The first-order valence-corrected chi connectivity index (χ1v) is 51.8. The standard InChI is InChI=1S/C23H32OSi.C17H21NO3.C13H15NO3.C9H18O.C7H14O3.C4H7I.C4H8O.3C4H9.C4H7.Sn/c1-19(2)17-20(3)18-24-25(23(4,5)6,21-13-9-7-10-14-21)22-15-11-8-12-16-22;1-11(2)10-12(3)16(19)18-13(4)15(21-17(18)20)14-8-6-5-7-9-14;1-3-11(15)14-9(2)12(17-13(14)16)10-7-5-4-6-8-10;1-6-8(4)9(10-5)7(2)3;1-5(2)4-10-7(9)6(3)8;2*1-4(2)3-5;4*1-3-4-2;/h7-16,20H,1,17-18H2,2-6H3;5-9,12-13,15H,1,10H2,2-4H3;4-9,12H,3H2,1-2H3;6-9H,1H2,2-5H3;5-6,8H,4H2,1-3H3;1,3H2,2H3;3-4H,1-2H3;3*1,3-4H2,2H3;3-4H,1H2,2H3;/b;;;;;;;;;;4-3+;/t20-;12-,13+,15+;9-,12-;8-,9-;6-;;;;;;;/m00101......./s1. The fourth-order valence-corrected chi connectivity index (χ4v) is 32.9. The van der Waals surface area contributed by atoms with E-state index in [0.717, 1.165) is 40.4 Å². The Hall–Kier alpha value is -5.77. The summed E-state index contributed by atoms with van der Waals surface area (Å²) in [7, 11) is -0.638. The van der Waals surface area contributed by atoms with Crippen LogP contribution >= 0.6 is 22.6 Å². The smallest absolute Gasteiger partial charge is 0.417 e. The molecule has 17 heteroatoms. The summed E-state index contributed by atoms with van der Waals surface area (Å²) in [6.07, 6.45) is 15.7. The molecule has 4 aromatic carbocycles. The van der Waals surface area contributed by atoms with Crippen LogP contribution in [0, 0.1) is 35.5 Å². The molecule has 0 aliphatic carbocycles. The molecule has 14 nitrogen and oxygen atoms in total. The molecular formula is C93H149IN2O12SiSn. The Morgan fingerprint density at radius 3 is 1.34 bits per heavy atom. The first kappa shape index (κ1) is 106. The molecule has 0 spiro atoms. The minimum absolute atomic E-state index is 0.0403. The predicted molar refractivity (Wildman–Crippen MR) is 477 cm³/mol. The number of aliphatic hydroxyl groups is 1. The van der Waals surface area contributed by atoms with E-state index >= 15 is 0 Å². The minimum Gasteiger partial charge on any atom is -0.464 e. The van der Waals surface area contributed by atoms with E-state index in [2.05, 4.69) is 210 Å². The number of aldehydes is 1. The van der Waals surface area contributed by atoms with E-state index in [4.69, 9.17) is 23.7 Å². The third kappa shape index (κ3) is 40.8. The minimum atomic E-state index is -2.39. The number of ether oxygens (including phenoxy) is 4. The molecule has 0 saturated carbocycles. The van der Waals surface area contributed by atoms with Crippen molar-refractivity contribution in [1.82, 2.24) is 9.80 Å². The molecule has 110 heavy (non-hydrogen) atoms. The van der Waals surface area contributed by atoms with Crippen LogP contribution in [0.25, 0.3) is 0 Å². The van der Waals surface area contributed by atoms with Crippen molar-refractivity contribution in [3.8, 4) is 0 Å². The number of imide groups is 2. The van der Waals surface area contributed by atoms with Gasteiger partial charge in [-0.1, -0.05) is 263 Å². The van der Waals surface area contributed by atoms with E-state index < -0.39 is 57.1 Å². The third-order valence-electron chi connectivity index (χ3n) is 18.6. The number of allylic oxidation sites excluding steroid dienone is 5. The molecule has 0 unspecified atom stereocenters. The summed E-state index contributed by atoms with van der Waals surface area (Å²) in [5, 5.41) is 11.4. The fraction of sp³-hybridized carbons (Fsp3) is 0.570. The van der Waals surface area contributed by atoms with Crippen molar-refractivity contribution < 1.29 is 57.2 Å². The molecule has 2 saturated heterocycles. The summed E-state index contributed by atoms with van der Waals surface area (Å²) in [6.45, 7) is 63.5. The van der Waals surface area contributed by atoms with Crippen LogP contribution < -0.4 is 10.4 Å². The second-order valence-corrected chi connectivity index (χ2v) is 50.9. The van der Waals surface area contributed by atoms with Crippen LogP contribution in [-0.4, -0.2) is 127 Å². The van der Waals surface area contributed by atoms with Crippen molar-refractivity contribution in [3.63, 3.8) is 0 Å². The monoisotopic (exact) mass is 1760 g/mol. The zero-order chi connectivity index (χ0) is 84.3. The van der Waals surface area contributed by atoms with Gasteiger partial charge in [0, 0.05) is 42.3 Å². The average molecular weight is 1760 g/mol. The van der Waals surface area contributed by atoms with E-state index in [1.54, 1.807) is 27.3 Å². The molecular weight excluding hydrogens is 1610 g/mol. The van der Waals surface area contributed by atoms with Gasteiger partial charge in [-0.25, -0.2) is 24.2 Å². The number of hydrogen-bond donors (Lipinski definition) is 1. The van der Waals surface area contributed by atoms with Gasteiger partial charge in [-0.3, -0.25) is 9.59 Å². The summed E-state index contributed by atoms with van der Waals surface area (Å²) in [5.41, 5.74) is 5.21. The van der Waals surface area contributed by atoms with Crippen molar-refractivity contribution in [1.29, 1.82) is 0 Å².